The van der Waals surface area contributed by atoms with Crippen LogP contribution in [0.15, 0.2) is 119 Å². The molecule has 1 atom stereocenters. The molecule has 0 heterocycles. The molecule has 4 aromatic rings. The summed E-state index contributed by atoms with van der Waals surface area (Å²) in [4.78, 5) is 29.7. The Morgan fingerprint density at radius 3 is 2.09 bits per heavy atom. The smallest absolute Gasteiger partial charge is 0.264 e. The van der Waals surface area contributed by atoms with Gasteiger partial charge in [-0.2, -0.15) is 0 Å². The van der Waals surface area contributed by atoms with Crippen molar-refractivity contribution >= 4 is 43.5 Å². The number of hydrogen-bond acceptors (Lipinski definition) is 4. The average Bonchev–Trinajstić information content (AvgIpc) is 3.01. The first kappa shape index (κ1) is 32.0. The molecule has 0 aliphatic rings. The predicted molar refractivity (Wildman–Crippen MR) is 174 cm³/mol. The fraction of sp³-hybridized carbons (Fsp3) is 0.235. The zero-order chi connectivity index (χ0) is 30.8. The number of benzene rings is 4. The Morgan fingerprint density at radius 1 is 0.837 bits per heavy atom. The number of halogens is 1. The quantitative estimate of drug-likeness (QED) is 0.187. The molecule has 43 heavy (non-hydrogen) atoms. The van der Waals surface area contributed by atoms with Gasteiger partial charge in [0.25, 0.3) is 10.0 Å². The molecule has 0 radical (unpaired) electrons. The molecule has 4 rings (SSSR count). The van der Waals surface area contributed by atoms with E-state index in [4.69, 9.17) is 0 Å². The van der Waals surface area contributed by atoms with Gasteiger partial charge in [-0.1, -0.05) is 101 Å². The Hall–Kier alpha value is -3.95. The molecule has 4 aromatic carbocycles. The van der Waals surface area contributed by atoms with Crippen molar-refractivity contribution in [1.29, 1.82) is 0 Å². The number of rotatable bonds is 13. The van der Waals surface area contributed by atoms with E-state index >= 15 is 0 Å². The highest BCUT2D eigenvalue weighted by Gasteiger charge is 2.34. The lowest BCUT2D eigenvalue weighted by atomic mass is 10.0. The summed E-state index contributed by atoms with van der Waals surface area (Å²) < 4.78 is 29.8. The van der Waals surface area contributed by atoms with Crippen molar-refractivity contribution in [1.82, 2.24) is 10.2 Å². The van der Waals surface area contributed by atoms with Gasteiger partial charge in [0.2, 0.25) is 11.8 Å². The Bertz CT molecular complexity index is 1610. The average molecular weight is 663 g/mol. The SMILES string of the molecule is CCCNC(=O)C(Cc1ccccc1)N(Cc1cccc(C)c1)C(=O)CN(c1ccc(Br)cc1)S(=O)(=O)c1ccccc1. The monoisotopic (exact) mass is 661 g/mol. The van der Waals surface area contributed by atoms with Crippen molar-refractivity contribution < 1.29 is 18.0 Å². The minimum Gasteiger partial charge on any atom is -0.354 e. The van der Waals surface area contributed by atoms with Crippen molar-refractivity contribution in [2.75, 3.05) is 17.4 Å². The second kappa shape index (κ2) is 15.0. The molecule has 224 valence electrons. The minimum atomic E-state index is -4.12. The summed E-state index contributed by atoms with van der Waals surface area (Å²) in [6, 6.07) is 31.2. The maximum atomic E-state index is 14.4. The molecule has 1 N–H and O–H groups in total. The fourth-order valence-corrected chi connectivity index (χ4v) is 6.48. The van der Waals surface area contributed by atoms with E-state index in [1.54, 1.807) is 42.5 Å². The van der Waals surface area contributed by atoms with Gasteiger partial charge in [0.1, 0.15) is 12.6 Å². The zero-order valence-electron chi connectivity index (χ0n) is 24.3. The van der Waals surface area contributed by atoms with Crippen LogP contribution in [0.2, 0.25) is 0 Å². The molecule has 0 aromatic heterocycles. The minimum absolute atomic E-state index is 0.0671. The highest BCUT2D eigenvalue weighted by Crippen LogP contribution is 2.26. The van der Waals surface area contributed by atoms with E-state index in [0.29, 0.717) is 12.2 Å². The van der Waals surface area contributed by atoms with Gasteiger partial charge < -0.3 is 10.2 Å². The van der Waals surface area contributed by atoms with Crippen molar-refractivity contribution in [3.05, 3.63) is 130 Å². The van der Waals surface area contributed by atoms with Gasteiger partial charge in [-0.15, -0.1) is 0 Å². The van der Waals surface area contributed by atoms with Gasteiger partial charge in [0.05, 0.1) is 10.6 Å². The van der Waals surface area contributed by atoms with E-state index in [0.717, 1.165) is 31.9 Å². The number of amides is 2. The number of nitrogens with zero attached hydrogens (tertiary/aromatic N) is 2. The third-order valence-electron chi connectivity index (χ3n) is 6.98. The number of aryl methyl sites for hydroxylation is 1. The van der Waals surface area contributed by atoms with Gasteiger partial charge in [-0.3, -0.25) is 13.9 Å². The van der Waals surface area contributed by atoms with Crippen LogP contribution in [0, 0.1) is 6.92 Å². The van der Waals surface area contributed by atoms with E-state index in [9.17, 15) is 18.0 Å². The lowest BCUT2D eigenvalue weighted by Gasteiger charge is -2.34. The molecule has 9 heteroatoms. The van der Waals surface area contributed by atoms with Gasteiger partial charge in [0, 0.05) is 24.0 Å². The van der Waals surface area contributed by atoms with Gasteiger partial charge in [-0.05, 0) is 60.9 Å². The molecule has 0 aliphatic carbocycles. The lowest BCUT2D eigenvalue weighted by Crippen LogP contribution is -2.53. The van der Waals surface area contributed by atoms with Crippen LogP contribution < -0.4 is 9.62 Å². The topological polar surface area (TPSA) is 86.8 Å². The normalized spacial score (nSPS) is 11.9. The zero-order valence-corrected chi connectivity index (χ0v) is 26.7. The Morgan fingerprint density at radius 2 is 1.47 bits per heavy atom. The molecular weight excluding hydrogens is 626 g/mol. The summed E-state index contributed by atoms with van der Waals surface area (Å²) in [5.41, 5.74) is 3.09. The fourth-order valence-electron chi connectivity index (χ4n) is 4.78. The summed E-state index contributed by atoms with van der Waals surface area (Å²) in [5, 5.41) is 2.96. The Kier molecular flexibility index (Phi) is 11.1. The van der Waals surface area contributed by atoms with Crippen LogP contribution in [0.4, 0.5) is 5.69 Å². The van der Waals surface area contributed by atoms with Gasteiger partial charge >= 0.3 is 0 Å². The molecule has 0 fully saturated rings. The van der Waals surface area contributed by atoms with Crippen molar-refractivity contribution in [2.45, 2.75) is 44.2 Å². The molecular formula is C34H36BrN3O4S. The number of carbonyl (C=O) groups is 2. The molecule has 0 spiro atoms. The van der Waals surface area contributed by atoms with E-state index in [2.05, 4.69) is 21.2 Å². The van der Waals surface area contributed by atoms with Crippen molar-refractivity contribution in [3.8, 4) is 0 Å². The first-order chi connectivity index (χ1) is 20.7. The van der Waals surface area contributed by atoms with Crippen LogP contribution in [-0.4, -0.2) is 44.3 Å². The second-order valence-electron chi connectivity index (χ2n) is 10.3. The Balaban J connectivity index is 1.78. The highest BCUT2D eigenvalue weighted by atomic mass is 79.9. The van der Waals surface area contributed by atoms with E-state index in [1.165, 1.54) is 17.0 Å². The Labute approximate surface area is 262 Å². The van der Waals surface area contributed by atoms with E-state index in [1.807, 2.05) is 68.4 Å². The molecule has 1 unspecified atom stereocenters. The third-order valence-corrected chi connectivity index (χ3v) is 9.30. The number of hydrogen-bond donors (Lipinski definition) is 1. The van der Waals surface area contributed by atoms with E-state index < -0.39 is 28.5 Å². The van der Waals surface area contributed by atoms with Crippen LogP contribution in [-0.2, 0) is 32.6 Å². The standard InChI is InChI=1S/C34H36BrN3O4S/c1-3-21-36-34(40)32(23-27-12-6-4-7-13-27)37(24-28-14-10-11-26(2)22-28)33(39)25-38(30-19-17-29(35)18-20-30)43(41,42)31-15-8-5-9-16-31/h4-20,22,32H,3,21,23-25H2,1-2H3,(H,36,40). The second-order valence-corrected chi connectivity index (χ2v) is 13.1. The summed E-state index contributed by atoms with van der Waals surface area (Å²) >= 11 is 3.41. The highest BCUT2D eigenvalue weighted by molar-refractivity contribution is 9.10. The molecule has 0 saturated carbocycles. The third kappa shape index (κ3) is 8.55. The molecule has 0 aliphatic heterocycles. The largest absolute Gasteiger partial charge is 0.354 e. The van der Waals surface area contributed by atoms with Crippen molar-refractivity contribution in [2.24, 2.45) is 0 Å². The molecule has 2 amide bonds. The summed E-state index contributed by atoms with van der Waals surface area (Å²) in [7, 11) is -4.12. The van der Waals surface area contributed by atoms with Gasteiger partial charge in [-0.25, -0.2) is 8.42 Å². The lowest BCUT2D eigenvalue weighted by molar-refractivity contribution is -0.140. The molecule has 0 bridgehead atoms. The van der Waals surface area contributed by atoms with Gasteiger partial charge in [0.15, 0.2) is 0 Å². The molecule has 7 nitrogen and oxygen atoms in total. The first-order valence-electron chi connectivity index (χ1n) is 14.2. The summed E-state index contributed by atoms with van der Waals surface area (Å²) in [5.74, 6) is -0.774. The number of carbonyl (C=O) groups excluding carboxylic acids is 2. The molecule has 0 saturated heterocycles. The predicted octanol–water partition coefficient (Wildman–Crippen LogP) is 6.12. The van der Waals surface area contributed by atoms with Crippen LogP contribution in [0.1, 0.15) is 30.0 Å². The number of nitrogens with one attached hydrogen (secondary N) is 1. The van der Waals surface area contributed by atoms with Crippen LogP contribution in [0.3, 0.4) is 0 Å². The van der Waals surface area contributed by atoms with Crippen LogP contribution in [0.5, 0.6) is 0 Å². The summed E-state index contributed by atoms with van der Waals surface area (Å²) in [6.07, 6.45) is 1.01. The first-order valence-corrected chi connectivity index (χ1v) is 16.4. The number of anilines is 1. The van der Waals surface area contributed by atoms with E-state index in [-0.39, 0.29) is 23.8 Å². The maximum Gasteiger partial charge on any atom is 0.264 e. The van der Waals surface area contributed by atoms with Crippen LogP contribution in [0.25, 0.3) is 0 Å². The van der Waals surface area contributed by atoms with Crippen LogP contribution >= 0.6 is 15.9 Å². The maximum absolute atomic E-state index is 14.4. The summed E-state index contributed by atoms with van der Waals surface area (Å²) in [6.45, 7) is 4.04. The number of sulfonamides is 1. The van der Waals surface area contributed by atoms with Crippen molar-refractivity contribution in [3.63, 3.8) is 0 Å².